The first kappa shape index (κ1) is 15.2. The van der Waals surface area contributed by atoms with Crippen LogP contribution in [-0.2, 0) is 25.7 Å². The van der Waals surface area contributed by atoms with E-state index in [0.29, 0.717) is 0 Å². The largest absolute Gasteiger partial charge is 0.467 e. The van der Waals surface area contributed by atoms with Gasteiger partial charge in [0.25, 0.3) is 0 Å². The molecule has 1 N–H and O–H groups in total. The first-order valence-corrected chi connectivity index (χ1v) is 6.02. The SMILES string of the molecule is CC[C@](O)(CC(=O)OCc1ccccc1)C(=O)OC. The predicted molar refractivity (Wildman–Crippen MR) is 68.1 cm³/mol. The molecule has 104 valence electrons. The molecule has 0 heterocycles. The number of carbonyl (C=O) groups is 2. The maximum absolute atomic E-state index is 11.6. The normalized spacial score (nSPS) is 13.4. The molecule has 1 aromatic rings. The van der Waals surface area contributed by atoms with Gasteiger partial charge in [0.15, 0.2) is 5.60 Å². The molecule has 1 atom stereocenters. The highest BCUT2D eigenvalue weighted by molar-refractivity contribution is 5.85. The Balaban J connectivity index is 2.52. The molecule has 0 amide bonds. The zero-order valence-electron chi connectivity index (χ0n) is 11.1. The maximum atomic E-state index is 11.6. The second-order valence-electron chi connectivity index (χ2n) is 4.20. The van der Waals surface area contributed by atoms with E-state index in [9.17, 15) is 14.7 Å². The summed E-state index contributed by atoms with van der Waals surface area (Å²) in [6.45, 7) is 1.71. The van der Waals surface area contributed by atoms with Gasteiger partial charge >= 0.3 is 11.9 Å². The average molecular weight is 266 g/mol. The molecule has 19 heavy (non-hydrogen) atoms. The van der Waals surface area contributed by atoms with Crippen LogP contribution in [0.5, 0.6) is 0 Å². The fourth-order valence-electron chi connectivity index (χ4n) is 1.56. The molecule has 0 aliphatic carbocycles. The van der Waals surface area contributed by atoms with Crippen molar-refractivity contribution in [2.45, 2.75) is 32.0 Å². The van der Waals surface area contributed by atoms with Crippen LogP contribution < -0.4 is 0 Å². The minimum Gasteiger partial charge on any atom is -0.467 e. The summed E-state index contributed by atoms with van der Waals surface area (Å²) in [4.78, 5) is 23.0. The van der Waals surface area contributed by atoms with Crippen LogP contribution in [0.2, 0.25) is 0 Å². The van der Waals surface area contributed by atoms with Crippen molar-refractivity contribution in [3.8, 4) is 0 Å². The molecule has 1 aromatic carbocycles. The fourth-order valence-corrected chi connectivity index (χ4v) is 1.56. The van der Waals surface area contributed by atoms with E-state index >= 15 is 0 Å². The first-order valence-electron chi connectivity index (χ1n) is 6.02. The molecule has 0 spiro atoms. The van der Waals surface area contributed by atoms with Crippen molar-refractivity contribution in [1.82, 2.24) is 0 Å². The van der Waals surface area contributed by atoms with E-state index in [1.54, 1.807) is 6.92 Å². The van der Waals surface area contributed by atoms with E-state index in [4.69, 9.17) is 4.74 Å². The molecule has 5 heteroatoms. The molecule has 0 fully saturated rings. The number of ether oxygens (including phenoxy) is 2. The van der Waals surface area contributed by atoms with Gasteiger partial charge in [0, 0.05) is 0 Å². The molecule has 0 aliphatic rings. The highest BCUT2D eigenvalue weighted by atomic mass is 16.5. The lowest BCUT2D eigenvalue weighted by atomic mass is 9.97. The van der Waals surface area contributed by atoms with E-state index in [0.717, 1.165) is 12.7 Å². The number of rotatable bonds is 6. The van der Waals surface area contributed by atoms with Crippen molar-refractivity contribution in [3.05, 3.63) is 35.9 Å². The zero-order chi connectivity index (χ0) is 14.3. The van der Waals surface area contributed by atoms with E-state index in [2.05, 4.69) is 4.74 Å². The molecular formula is C14H18O5. The Morgan fingerprint density at radius 3 is 2.42 bits per heavy atom. The summed E-state index contributed by atoms with van der Waals surface area (Å²) in [5.74, 6) is -1.47. The smallest absolute Gasteiger partial charge is 0.338 e. The second kappa shape index (κ2) is 6.89. The van der Waals surface area contributed by atoms with Crippen LogP contribution >= 0.6 is 0 Å². The Bertz CT molecular complexity index is 429. The van der Waals surface area contributed by atoms with Crippen LogP contribution in [0.25, 0.3) is 0 Å². The van der Waals surface area contributed by atoms with E-state index < -0.39 is 24.0 Å². The van der Waals surface area contributed by atoms with Gasteiger partial charge in [0.05, 0.1) is 13.5 Å². The molecule has 0 aromatic heterocycles. The number of carbonyl (C=O) groups excluding carboxylic acids is 2. The molecule has 0 bridgehead atoms. The monoisotopic (exact) mass is 266 g/mol. The summed E-state index contributed by atoms with van der Waals surface area (Å²) in [5, 5.41) is 9.98. The topological polar surface area (TPSA) is 72.8 Å². The summed E-state index contributed by atoms with van der Waals surface area (Å²) < 4.78 is 9.49. The van der Waals surface area contributed by atoms with Gasteiger partial charge in [-0.25, -0.2) is 4.79 Å². The third-order valence-corrected chi connectivity index (χ3v) is 2.83. The Morgan fingerprint density at radius 2 is 1.89 bits per heavy atom. The standard InChI is InChI=1S/C14H18O5/c1-3-14(17,13(16)18-2)9-12(15)19-10-11-7-5-4-6-8-11/h4-8,17H,3,9-10H2,1-2H3/t14-/m0/s1. The Labute approximate surface area is 112 Å². The summed E-state index contributed by atoms with van der Waals surface area (Å²) in [6.07, 6.45) is -0.330. The minimum absolute atomic E-state index is 0.0834. The second-order valence-corrected chi connectivity index (χ2v) is 4.20. The van der Waals surface area contributed by atoms with Crippen LogP contribution in [0, 0.1) is 0 Å². The Morgan fingerprint density at radius 1 is 1.26 bits per heavy atom. The van der Waals surface area contributed by atoms with Gasteiger partial charge in [-0.3, -0.25) is 4.79 Å². The predicted octanol–water partition coefficient (Wildman–Crippen LogP) is 1.43. The highest BCUT2D eigenvalue weighted by Crippen LogP contribution is 2.18. The number of aliphatic hydroxyl groups is 1. The lowest BCUT2D eigenvalue weighted by Crippen LogP contribution is -2.41. The van der Waals surface area contributed by atoms with Gasteiger partial charge in [-0.15, -0.1) is 0 Å². The third kappa shape index (κ3) is 4.37. The lowest BCUT2D eigenvalue weighted by Gasteiger charge is -2.22. The molecular weight excluding hydrogens is 248 g/mol. The van der Waals surface area contributed by atoms with Crippen molar-refractivity contribution in [1.29, 1.82) is 0 Å². The summed E-state index contributed by atoms with van der Waals surface area (Å²) in [7, 11) is 1.16. The first-order chi connectivity index (χ1) is 9.01. The van der Waals surface area contributed by atoms with Gasteiger partial charge < -0.3 is 14.6 Å². The fraction of sp³-hybridized carbons (Fsp3) is 0.429. The van der Waals surface area contributed by atoms with Crippen LogP contribution in [0.1, 0.15) is 25.3 Å². The zero-order valence-corrected chi connectivity index (χ0v) is 11.1. The van der Waals surface area contributed by atoms with Crippen LogP contribution in [0.15, 0.2) is 30.3 Å². The van der Waals surface area contributed by atoms with Gasteiger partial charge in [-0.1, -0.05) is 37.3 Å². The Hall–Kier alpha value is -1.88. The van der Waals surface area contributed by atoms with Crippen LogP contribution in [-0.4, -0.2) is 29.8 Å². The number of methoxy groups -OCH3 is 1. The van der Waals surface area contributed by atoms with E-state index in [-0.39, 0.29) is 13.0 Å². The summed E-state index contributed by atoms with van der Waals surface area (Å²) in [6, 6.07) is 9.16. The number of hydrogen-bond donors (Lipinski definition) is 1. The number of hydrogen-bond acceptors (Lipinski definition) is 5. The summed E-state index contributed by atoms with van der Waals surface area (Å²) >= 11 is 0. The van der Waals surface area contributed by atoms with E-state index in [1.807, 2.05) is 30.3 Å². The lowest BCUT2D eigenvalue weighted by molar-refractivity contribution is -0.170. The average Bonchev–Trinajstić information content (AvgIpc) is 2.45. The number of benzene rings is 1. The van der Waals surface area contributed by atoms with Crippen molar-refractivity contribution < 1.29 is 24.2 Å². The molecule has 0 saturated heterocycles. The minimum atomic E-state index is -1.82. The van der Waals surface area contributed by atoms with E-state index in [1.165, 1.54) is 0 Å². The molecule has 1 rings (SSSR count). The van der Waals surface area contributed by atoms with Gasteiger partial charge in [0.2, 0.25) is 0 Å². The van der Waals surface area contributed by atoms with Crippen LogP contribution in [0.3, 0.4) is 0 Å². The maximum Gasteiger partial charge on any atom is 0.338 e. The van der Waals surface area contributed by atoms with Crippen molar-refractivity contribution in [3.63, 3.8) is 0 Å². The van der Waals surface area contributed by atoms with Crippen molar-refractivity contribution in [2.24, 2.45) is 0 Å². The van der Waals surface area contributed by atoms with Gasteiger partial charge in [-0.2, -0.15) is 0 Å². The molecule has 5 nitrogen and oxygen atoms in total. The van der Waals surface area contributed by atoms with Crippen molar-refractivity contribution in [2.75, 3.05) is 7.11 Å². The Kier molecular flexibility index (Phi) is 5.51. The van der Waals surface area contributed by atoms with Crippen molar-refractivity contribution >= 4 is 11.9 Å². The summed E-state index contributed by atoms with van der Waals surface area (Å²) in [5.41, 5.74) is -0.975. The number of esters is 2. The molecule has 0 unspecified atom stereocenters. The van der Waals surface area contributed by atoms with Gasteiger partial charge in [0.1, 0.15) is 6.61 Å². The molecule has 0 aliphatic heterocycles. The van der Waals surface area contributed by atoms with Crippen LogP contribution in [0.4, 0.5) is 0 Å². The van der Waals surface area contributed by atoms with Gasteiger partial charge in [-0.05, 0) is 12.0 Å². The quantitative estimate of drug-likeness (QED) is 0.789. The molecule has 0 radical (unpaired) electrons. The highest BCUT2D eigenvalue weighted by Gasteiger charge is 2.38. The molecule has 0 saturated carbocycles. The third-order valence-electron chi connectivity index (χ3n) is 2.83.